The first-order valence-corrected chi connectivity index (χ1v) is 13.0. The lowest BCUT2D eigenvalue weighted by molar-refractivity contribution is 0.0751. The van der Waals surface area contributed by atoms with E-state index in [9.17, 15) is 4.79 Å². The monoisotopic (exact) mass is 423 g/mol. The van der Waals surface area contributed by atoms with Crippen molar-refractivity contribution in [1.82, 2.24) is 4.90 Å². The molecule has 0 unspecified atom stereocenters. The molecule has 0 aliphatic rings. The van der Waals surface area contributed by atoms with Gasteiger partial charge >= 0.3 is 0 Å². The fourth-order valence-corrected chi connectivity index (χ4v) is 4.42. The van der Waals surface area contributed by atoms with Crippen LogP contribution in [0.15, 0.2) is 42.5 Å². The first-order valence-electron chi connectivity index (χ1n) is 13.0. The Labute approximate surface area is 191 Å². The maximum absolute atomic E-state index is 13.5. The number of unbranched alkanes of at least 4 members (excludes halogenated alkanes) is 12. The van der Waals surface area contributed by atoms with Crippen molar-refractivity contribution in [3.63, 3.8) is 0 Å². The summed E-state index contributed by atoms with van der Waals surface area (Å²) in [7, 11) is 0. The molecule has 0 atom stereocenters. The van der Waals surface area contributed by atoms with E-state index in [0.29, 0.717) is 0 Å². The van der Waals surface area contributed by atoms with Crippen molar-refractivity contribution in [2.75, 3.05) is 13.1 Å². The van der Waals surface area contributed by atoms with E-state index in [0.717, 1.165) is 42.3 Å². The van der Waals surface area contributed by atoms with Gasteiger partial charge in [-0.3, -0.25) is 4.79 Å². The molecule has 0 saturated heterocycles. The second-order valence-electron chi connectivity index (χ2n) is 9.06. The van der Waals surface area contributed by atoms with E-state index >= 15 is 0 Å². The van der Waals surface area contributed by atoms with Crippen molar-refractivity contribution in [2.45, 2.75) is 104 Å². The molecule has 2 heteroatoms. The largest absolute Gasteiger partial charge is 0.339 e. The smallest absolute Gasteiger partial charge is 0.254 e. The summed E-state index contributed by atoms with van der Waals surface area (Å²) in [6.07, 6.45) is 18.0. The van der Waals surface area contributed by atoms with Crippen LogP contribution in [-0.2, 0) is 0 Å². The van der Waals surface area contributed by atoms with Gasteiger partial charge in [-0.05, 0) is 29.7 Å². The van der Waals surface area contributed by atoms with Crippen molar-refractivity contribution in [1.29, 1.82) is 0 Å². The van der Waals surface area contributed by atoms with Crippen LogP contribution >= 0.6 is 0 Å². The number of carbonyl (C=O) groups excluding carboxylic acids is 1. The van der Waals surface area contributed by atoms with Gasteiger partial charge in [0.1, 0.15) is 0 Å². The molecule has 0 saturated carbocycles. The average Bonchev–Trinajstić information content (AvgIpc) is 2.80. The second-order valence-corrected chi connectivity index (χ2v) is 9.06. The van der Waals surface area contributed by atoms with Gasteiger partial charge in [0.15, 0.2) is 0 Å². The molecule has 2 nitrogen and oxygen atoms in total. The first kappa shape index (κ1) is 25.4. The number of carbonyl (C=O) groups is 1. The number of nitrogens with zero attached hydrogens (tertiary/aromatic N) is 1. The minimum atomic E-state index is 0.216. The average molecular weight is 424 g/mol. The third-order valence-corrected chi connectivity index (χ3v) is 6.37. The number of amides is 1. The molecule has 0 N–H and O–H groups in total. The van der Waals surface area contributed by atoms with Gasteiger partial charge < -0.3 is 4.90 Å². The van der Waals surface area contributed by atoms with E-state index in [-0.39, 0.29) is 5.91 Å². The fourth-order valence-electron chi connectivity index (χ4n) is 4.42. The molecule has 0 spiro atoms. The van der Waals surface area contributed by atoms with Crippen LogP contribution in [0.2, 0.25) is 0 Å². The Balaban J connectivity index is 1.91. The maximum atomic E-state index is 13.5. The molecule has 0 aliphatic carbocycles. The summed E-state index contributed by atoms with van der Waals surface area (Å²) in [5.74, 6) is 0.216. The van der Waals surface area contributed by atoms with Gasteiger partial charge in [-0.1, -0.05) is 127 Å². The molecule has 0 radical (unpaired) electrons. The summed E-state index contributed by atoms with van der Waals surface area (Å²) in [4.78, 5) is 15.6. The van der Waals surface area contributed by atoms with Crippen LogP contribution in [0.3, 0.4) is 0 Å². The molecular weight excluding hydrogens is 378 g/mol. The van der Waals surface area contributed by atoms with Crippen molar-refractivity contribution in [3.05, 3.63) is 48.0 Å². The lowest BCUT2D eigenvalue weighted by atomic mass is 10.0. The third-order valence-electron chi connectivity index (χ3n) is 6.37. The molecule has 1 amide bonds. The Morgan fingerprint density at radius 3 is 1.68 bits per heavy atom. The number of benzene rings is 2. The number of hydrogen-bond acceptors (Lipinski definition) is 1. The van der Waals surface area contributed by atoms with Crippen LogP contribution in [0.4, 0.5) is 0 Å². The predicted molar refractivity (Wildman–Crippen MR) is 136 cm³/mol. The van der Waals surface area contributed by atoms with Crippen LogP contribution in [-0.4, -0.2) is 23.9 Å². The number of rotatable bonds is 17. The summed E-state index contributed by atoms with van der Waals surface area (Å²) in [5.41, 5.74) is 0.865. The first-order chi connectivity index (χ1) is 15.3. The molecule has 2 rings (SSSR count). The topological polar surface area (TPSA) is 20.3 Å². The maximum Gasteiger partial charge on any atom is 0.254 e. The Morgan fingerprint density at radius 1 is 0.613 bits per heavy atom. The quantitative estimate of drug-likeness (QED) is 0.233. The van der Waals surface area contributed by atoms with E-state index < -0.39 is 0 Å². The van der Waals surface area contributed by atoms with Gasteiger partial charge in [0, 0.05) is 18.7 Å². The van der Waals surface area contributed by atoms with Gasteiger partial charge in [-0.25, -0.2) is 0 Å². The Kier molecular flexibility index (Phi) is 13.0. The standard InChI is InChI=1S/C29H45NO/c1-3-5-7-9-11-13-17-24-30(25-18-14-12-10-8-6-4-2)29(31)28-23-19-21-26-20-15-16-22-27(26)28/h15-16,19-23H,3-14,17-18,24-25H2,1-2H3. The van der Waals surface area contributed by atoms with Crippen LogP contribution in [0.25, 0.3) is 10.8 Å². The Hall–Kier alpha value is -1.83. The Morgan fingerprint density at radius 2 is 1.10 bits per heavy atom. The van der Waals surface area contributed by atoms with E-state index in [1.165, 1.54) is 77.0 Å². The van der Waals surface area contributed by atoms with Crippen molar-refractivity contribution in [2.24, 2.45) is 0 Å². The highest BCUT2D eigenvalue weighted by Crippen LogP contribution is 2.21. The molecule has 172 valence electrons. The summed E-state index contributed by atoms with van der Waals surface area (Å²) in [6.45, 7) is 6.32. The fraction of sp³-hybridized carbons (Fsp3) is 0.621. The van der Waals surface area contributed by atoms with E-state index in [4.69, 9.17) is 0 Å². The minimum Gasteiger partial charge on any atom is -0.339 e. The third kappa shape index (κ3) is 9.46. The van der Waals surface area contributed by atoms with Gasteiger partial charge in [-0.15, -0.1) is 0 Å². The predicted octanol–water partition coefficient (Wildman–Crippen LogP) is 8.78. The van der Waals surface area contributed by atoms with Crippen LogP contribution in [0.5, 0.6) is 0 Å². The summed E-state index contributed by atoms with van der Waals surface area (Å²) in [5, 5.41) is 2.24. The zero-order valence-electron chi connectivity index (χ0n) is 20.2. The zero-order valence-corrected chi connectivity index (χ0v) is 20.2. The molecule has 0 heterocycles. The zero-order chi connectivity index (χ0) is 22.2. The molecule has 0 fully saturated rings. The molecule has 31 heavy (non-hydrogen) atoms. The highest BCUT2D eigenvalue weighted by molar-refractivity contribution is 6.07. The molecule has 0 aliphatic heterocycles. The summed E-state index contributed by atoms with van der Waals surface area (Å²) < 4.78 is 0. The highest BCUT2D eigenvalue weighted by Gasteiger charge is 2.17. The van der Waals surface area contributed by atoms with Crippen LogP contribution in [0.1, 0.15) is 114 Å². The molecule has 2 aromatic carbocycles. The molecule has 2 aromatic rings. The SMILES string of the molecule is CCCCCCCCCN(CCCCCCCCC)C(=O)c1cccc2ccccc12. The minimum absolute atomic E-state index is 0.216. The molecule has 0 bridgehead atoms. The van der Waals surface area contributed by atoms with Gasteiger partial charge in [0.05, 0.1) is 0 Å². The van der Waals surface area contributed by atoms with Crippen molar-refractivity contribution in [3.8, 4) is 0 Å². The van der Waals surface area contributed by atoms with Gasteiger partial charge in [0.25, 0.3) is 5.91 Å². The lowest BCUT2D eigenvalue weighted by Crippen LogP contribution is -2.33. The summed E-state index contributed by atoms with van der Waals surface area (Å²) >= 11 is 0. The number of fused-ring (bicyclic) bond motifs is 1. The van der Waals surface area contributed by atoms with Gasteiger partial charge in [0.2, 0.25) is 0 Å². The molecule has 0 aromatic heterocycles. The van der Waals surface area contributed by atoms with Crippen LogP contribution < -0.4 is 0 Å². The van der Waals surface area contributed by atoms with Gasteiger partial charge in [-0.2, -0.15) is 0 Å². The molecular formula is C29H45NO. The van der Waals surface area contributed by atoms with Crippen LogP contribution in [0, 0.1) is 0 Å². The van der Waals surface area contributed by atoms with E-state index in [1.54, 1.807) is 0 Å². The highest BCUT2D eigenvalue weighted by atomic mass is 16.2. The lowest BCUT2D eigenvalue weighted by Gasteiger charge is -2.24. The Bertz CT molecular complexity index is 715. The summed E-state index contributed by atoms with van der Waals surface area (Å²) in [6, 6.07) is 14.4. The number of hydrogen-bond donors (Lipinski definition) is 0. The van der Waals surface area contributed by atoms with E-state index in [1.807, 2.05) is 24.3 Å². The second kappa shape index (κ2) is 15.9. The van der Waals surface area contributed by atoms with Crippen molar-refractivity contribution < 1.29 is 4.79 Å². The normalized spacial score (nSPS) is 11.2. The van der Waals surface area contributed by atoms with Crippen molar-refractivity contribution >= 4 is 16.7 Å². The van der Waals surface area contributed by atoms with E-state index in [2.05, 4.69) is 36.9 Å².